The molecular weight excluding hydrogens is 463 g/mol. The van der Waals surface area contributed by atoms with Crippen molar-refractivity contribution in [1.29, 1.82) is 0 Å². The number of thioether (sulfide) groups is 1. The van der Waals surface area contributed by atoms with Crippen molar-refractivity contribution in [1.82, 2.24) is 4.90 Å². The minimum absolute atomic E-state index is 0. The van der Waals surface area contributed by atoms with Crippen LogP contribution in [0.15, 0.2) is 29.3 Å². The van der Waals surface area contributed by atoms with Gasteiger partial charge in [0.05, 0.1) is 12.8 Å². The van der Waals surface area contributed by atoms with Crippen molar-refractivity contribution in [3.05, 3.63) is 24.3 Å². The lowest BCUT2D eigenvalue weighted by molar-refractivity contribution is 0.327. The van der Waals surface area contributed by atoms with Crippen LogP contribution in [-0.2, 0) is 10.0 Å². The number of halogens is 1. The minimum Gasteiger partial charge on any atom is -0.492 e. The van der Waals surface area contributed by atoms with E-state index >= 15 is 0 Å². The molecule has 3 N–H and O–H groups in total. The molecule has 0 bridgehead atoms. The number of sulfonamides is 1. The number of nitrogens with zero attached hydrogens (tertiary/aromatic N) is 2. The van der Waals surface area contributed by atoms with Gasteiger partial charge >= 0.3 is 0 Å². The summed E-state index contributed by atoms with van der Waals surface area (Å²) in [7, 11) is -3.26. The Morgan fingerprint density at radius 3 is 2.54 bits per heavy atom. The second kappa shape index (κ2) is 10.2. The fraction of sp³-hybridized carbons (Fsp3) is 0.500. The summed E-state index contributed by atoms with van der Waals surface area (Å²) >= 11 is 1.93. The second-order valence-corrected chi connectivity index (χ2v) is 8.06. The van der Waals surface area contributed by atoms with Gasteiger partial charge in [0.2, 0.25) is 10.0 Å². The van der Waals surface area contributed by atoms with Crippen LogP contribution in [0.4, 0.5) is 5.69 Å². The quantitative estimate of drug-likeness (QED) is 0.273. The Morgan fingerprint density at radius 1 is 1.33 bits per heavy atom. The van der Waals surface area contributed by atoms with Crippen molar-refractivity contribution in [2.45, 2.75) is 0 Å². The van der Waals surface area contributed by atoms with Gasteiger partial charge in [-0.1, -0.05) is 0 Å². The summed E-state index contributed by atoms with van der Waals surface area (Å²) in [6.45, 7) is 2.78. The van der Waals surface area contributed by atoms with Crippen molar-refractivity contribution in [3.63, 3.8) is 0 Å². The van der Waals surface area contributed by atoms with Crippen molar-refractivity contribution in [2.75, 3.05) is 48.7 Å². The third kappa shape index (κ3) is 7.79. The van der Waals surface area contributed by atoms with E-state index in [1.807, 2.05) is 11.8 Å². The zero-order valence-electron chi connectivity index (χ0n) is 13.5. The molecule has 0 spiro atoms. The summed E-state index contributed by atoms with van der Waals surface area (Å²) in [5.41, 5.74) is 6.46. The van der Waals surface area contributed by atoms with Gasteiger partial charge < -0.3 is 15.4 Å². The van der Waals surface area contributed by atoms with E-state index in [1.54, 1.807) is 24.3 Å². The topological polar surface area (TPSA) is 97.0 Å². The van der Waals surface area contributed by atoms with Gasteiger partial charge in [-0.2, -0.15) is 11.8 Å². The summed E-state index contributed by atoms with van der Waals surface area (Å²) in [6, 6.07) is 6.73. The molecule has 0 aliphatic carbocycles. The molecule has 1 heterocycles. The van der Waals surface area contributed by atoms with Crippen LogP contribution in [0.2, 0.25) is 0 Å². The molecule has 0 unspecified atom stereocenters. The SMILES string of the molecule is CS(=O)(=O)Nc1ccc(OCCN=C(N)N2CCSCC2)cc1.I. The standard InChI is InChI=1S/C14H22N4O3S2.HI/c1-23(19,20)17-12-2-4-13(5-3-12)21-9-6-16-14(15)18-7-10-22-11-8-18;/h2-5,17H,6-11H2,1H3,(H2,15,16);1H. The third-order valence-corrected chi connectivity index (χ3v) is 4.68. The fourth-order valence-corrected chi connectivity index (χ4v) is 3.52. The first-order chi connectivity index (χ1) is 10.9. The largest absolute Gasteiger partial charge is 0.492 e. The number of nitrogens with one attached hydrogen (secondary N) is 1. The average Bonchev–Trinajstić information content (AvgIpc) is 2.52. The Labute approximate surface area is 164 Å². The van der Waals surface area contributed by atoms with Gasteiger partial charge in [-0.05, 0) is 24.3 Å². The summed E-state index contributed by atoms with van der Waals surface area (Å²) in [6.07, 6.45) is 1.11. The zero-order valence-corrected chi connectivity index (χ0v) is 17.4. The number of anilines is 1. The number of hydrogen-bond donors (Lipinski definition) is 2. The highest BCUT2D eigenvalue weighted by Crippen LogP contribution is 2.16. The number of guanidine groups is 1. The lowest BCUT2D eigenvalue weighted by atomic mass is 10.3. The van der Waals surface area contributed by atoms with E-state index in [1.165, 1.54) is 0 Å². The van der Waals surface area contributed by atoms with Crippen molar-refractivity contribution in [3.8, 4) is 5.75 Å². The Balaban J connectivity index is 0.00000288. The molecule has 1 aliphatic heterocycles. The van der Waals surface area contributed by atoms with E-state index in [0.29, 0.717) is 30.5 Å². The molecule has 10 heteroatoms. The first-order valence-electron chi connectivity index (χ1n) is 7.27. The van der Waals surface area contributed by atoms with E-state index in [4.69, 9.17) is 10.5 Å². The van der Waals surface area contributed by atoms with Gasteiger partial charge in [-0.25, -0.2) is 13.4 Å². The number of nitrogens with two attached hydrogens (primary N) is 1. The van der Waals surface area contributed by atoms with Crippen molar-refractivity contribution in [2.24, 2.45) is 10.7 Å². The van der Waals surface area contributed by atoms with Crippen LogP contribution in [0.25, 0.3) is 0 Å². The predicted molar refractivity (Wildman–Crippen MR) is 111 cm³/mol. The summed E-state index contributed by atoms with van der Waals surface area (Å²) in [4.78, 5) is 6.41. The van der Waals surface area contributed by atoms with Gasteiger partial charge in [0.15, 0.2) is 5.96 Å². The first-order valence-corrected chi connectivity index (χ1v) is 10.3. The van der Waals surface area contributed by atoms with Crippen LogP contribution >= 0.6 is 35.7 Å². The first kappa shape index (κ1) is 21.2. The van der Waals surface area contributed by atoms with E-state index in [0.717, 1.165) is 30.9 Å². The van der Waals surface area contributed by atoms with Crippen LogP contribution < -0.4 is 15.2 Å². The number of rotatable bonds is 6. The maximum atomic E-state index is 11.1. The van der Waals surface area contributed by atoms with E-state index in [-0.39, 0.29) is 24.0 Å². The predicted octanol–water partition coefficient (Wildman–Crippen LogP) is 1.42. The number of hydrogen-bond acceptors (Lipinski definition) is 5. The molecule has 1 aromatic rings. The van der Waals surface area contributed by atoms with Crippen molar-refractivity contribution >= 4 is 57.4 Å². The molecule has 0 aromatic heterocycles. The molecule has 136 valence electrons. The number of benzene rings is 1. The van der Waals surface area contributed by atoms with Crippen LogP contribution in [0.5, 0.6) is 5.75 Å². The molecule has 0 atom stereocenters. The van der Waals surface area contributed by atoms with Crippen LogP contribution in [0.1, 0.15) is 0 Å². The van der Waals surface area contributed by atoms with Crippen molar-refractivity contribution < 1.29 is 13.2 Å². The highest BCUT2D eigenvalue weighted by molar-refractivity contribution is 14.0. The highest BCUT2D eigenvalue weighted by atomic mass is 127. The molecule has 2 rings (SSSR count). The van der Waals surface area contributed by atoms with E-state index in [9.17, 15) is 8.42 Å². The molecule has 24 heavy (non-hydrogen) atoms. The minimum atomic E-state index is -3.26. The van der Waals surface area contributed by atoms with Crippen LogP contribution in [0.3, 0.4) is 0 Å². The van der Waals surface area contributed by atoms with Gasteiger partial charge in [-0.3, -0.25) is 4.72 Å². The van der Waals surface area contributed by atoms with E-state index in [2.05, 4.69) is 14.6 Å². The smallest absolute Gasteiger partial charge is 0.229 e. The monoisotopic (exact) mass is 486 g/mol. The zero-order chi connectivity index (χ0) is 16.7. The van der Waals surface area contributed by atoms with Gasteiger partial charge in [-0.15, -0.1) is 24.0 Å². The molecule has 0 radical (unpaired) electrons. The van der Waals surface area contributed by atoms with Gasteiger partial charge in [0.1, 0.15) is 12.4 Å². The molecular formula is C14H23IN4O3S2. The van der Waals surface area contributed by atoms with Crippen LogP contribution in [0, 0.1) is 0 Å². The number of ether oxygens (including phenoxy) is 1. The maximum absolute atomic E-state index is 11.1. The average molecular weight is 486 g/mol. The van der Waals surface area contributed by atoms with Crippen LogP contribution in [-0.4, -0.2) is 63.3 Å². The summed E-state index contributed by atoms with van der Waals surface area (Å²) in [5, 5.41) is 0. The number of aliphatic imine (C=N–C) groups is 1. The van der Waals surface area contributed by atoms with E-state index < -0.39 is 10.0 Å². The lowest BCUT2D eigenvalue weighted by Crippen LogP contribution is -2.42. The molecule has 1 aromatic carbocycles. The summed E-state index contributed by atoms with van der Waals surface area (Å²) in [5.74, 6) is 3.40. The van der Waals surface area contributed by atoms with Gasteiger partial charge in [0.25, 0.3) is 0 Å². The summed E-state index contributed by atoms with van der Waals surface area (Å²) < 4.78 is 30.2. The molecule has 0 amide bonds. The molecule has 1 aliphatic rings. The molecule has 7 nitrogen and oxygen atoms in total. The fourth-order valence-electron chi connectivity index (χ4n) is 2.05. The molecule has 1 saturated heterocycles. The Bertz CT molecular complexity index is 632. The second-order valence-electron chi connectivity index (χ2n) is 5.09. The highest BCUT2D eigenvalue weighted by Gasteiger charge is 2.11. The Kier molecular flexibility index (Phi) is 8.98. The van der Waals surface area contributed by atoms with Gasteiger partial charge in [0, 0.05) is 30.3 Å². The normalized spacial score (nSPS) is 15.5. The third-order valence-electron chi connectivity index (χ3n) is 3.13. The lowest BCUT2D eigenvalue weighted by Gasteiger charge is -2.27. The Morgan fingerprint density at radius 2 is 1.96 bits per heavy atom. The molecule has 1 fully saturated rings. The molecule has 0 saturated carbocycles. The maximum Gasteiger partial charge on any atom is 0.229 e. The Hall–Kier alpha value is -0.880.